The number of hydrogen-bond acceptors (Lipinski definition) is 4. The van der Waals surface area contributed by atoms with E-state index in [2.05, 4.69) is 25.8 Å². The molecule has 16 heavy (non-hydrogen) atoms. The molecule has 0 bridgehead atoms. The molecule has 0 fully saturated rings. The predicted molar refractivity (Wildman–Crippen MR) is 68.7 cm³/mol. The second kappa shape index (κ2) is 5.75. The summed E-state index contributed by atoms with van der Waals surface area (Å²) in [6.45, 7) is 9.57. The second-order valence-corrected chi connectivity index (χ2v) is 5.37. The zero-order valence-electron chi connectivity index (χ0n) is 10.7. The molecule has 92 valence electrons. The SMILES string of the molecule is CCCc1nc(C(C)(C)OCC)sc1CN. The zero-order chi connectivity index (χ0) is 12.2. The first-order valence-corrected chi connectivity index (χ1v) is 6.69. The predicted octanol–water partition coefficient (Wildman–Crippen LogP) is 2.83. The van der Waals surface area contributed by atoms with Crippen molar-refractivity contribution in [1.82, 2.24) is 4.98 Å². The molecule has 0 unspecified atom stereocenters. The Morgan fingerprint density at radius 1 is 1.38 bits per heavy atom. The van der Waals surface area contributed by atoms with Crippen LogP contribution in [-0.4, -0.2) is 11.6 Å². The summed E-state index contributed by atoms with van der Waals surface area (Å²) in [5.41, 5.74) is 6.60. The van der Waals surface area contributed by atoms with Crippen LogP contribution in [0.5, 0.6) is 0 Å². The molecule has 0 saturated heterocycles. The van der Waals surface area contributed by atoms with Crippen LogP contribution in [0.1, 0.15) is 49.7 Å². The van der Waals surface area contributed by atoms with E-state index >= 15 is 0 Å². The average molecular weight is 242 g/mol. The lowest BCUT2D eigenvalue weighted by Gasteiger charge is -2.21. The van der Waals surface area contributed by atoms with Crippen molar-refractivity contribution in [1.29, 1.82) is 0 Å². The van der Waals surface area contributed by atoms with Crippen molar-refractivity contribution in [3.8, 4) is 0 Å². The van der Waals surface area contributed by atoms with Crippen molar-refractivity contribution in [2.45, 2.75) is 52.7 Å². The number of aromatic nitrogens is 1. The van der Waals surface area contributed by atoms with E-state index in [9.17, 15) is 0 Å². The van der Waals surface area contributed by atoms with Crippen molar-refractivity contribution >= 4 is 11.3 Å². The van der Waals surface area contributed by atoms with Gasteiger partial charge in [0, 0.05) is 18.0 Å². The third kappa shape index (κ3) is 3.03. The lowest BCUT2D eigenvalue weighted by Crippen LogP contribution is -2.21. The minimum atomic E-state index is -0.296. The van der Waals surface area contributed by atoms with Crippen LogP contribution in [0.15, 0.2) is 0 Å². The highest BCUT2D eigenvalue weighted by atomic mass is 32.1. The van der Waals surface area contributed by atoms with E-state index in [1.54, 1.807) is 11.3 Å². The Kier molecular flexibility index (Phi) is 4.89. The van der Waals surface area contributed by atoms with Crippen LogP contribution in [0.4, 0.5) is 0 Å². The molecule has 0 aliphatic heterocycles. The highest BCUT2D eigenvalue weighted by Crippen LogP contribution is 2.31. The van der Waals surface area contributed by atoms with Crippen molar-refractivity contribution in [3.05, 3.63) is 15.6 Å². The first-order valence-electron chi connectivity index (χ1n) is 5.88. The van der Waals surface area contributed by atoms with Gasteiger partial charge in [-0.1, -0.05) is 13.3 Å². The second-order valence-electron chi connectivity index (χ2n) is 4.29. The fourth-order valence-electron chi connectivity index (χ4n) is 1.66. The van der Waals surface area contributed by atoms with Crippen LogP contribution in [0.2, 0.25) is 0 Å². The summed E-state index contributed by atoms with van der Waals surface area (Å²) in [7, 11) is 0. The molecule has 1 rings (SSSR count). The number of hydrogen-bond donors (Lipinski definition) is 1. The molecule has 2 N–H and O–H groups in total. The number of thiazole rings is 1. The largest absolute Gasteiger partial charge is 0.369 e. The maximum atomic E-state index is 5.74. The Hall–Kier alpha value is -0.450. The van der Waals surface area contributed by atoms with E-state index in [0.717, 1.165) is 23.5 Å². The molecular formula is C12H22N2OS. The summed E-state index contributed by atoms with van der Waals surface area (Å²) in [6.07, 6.45) is 2.11. The van der Waals surface area contributed by atoms with Crippen LogP contribution in [-0.2, 0) is 23.3 Å². The van der Waals surface area contributed by atoms with Gasteiger partial charge in [-0.15, -0.1) is 11.3 Å². The third-order valence-electron chi connectivity index (χ3n) is 2.47. The lowest BCUT2D eigenvalue weighted by molar-refractivity contribution is -0.0142. The molecule has 4 heteroatoms. The van der Waals surface area contributed by atoms with Crippen molar-refractivity contribution in [2.24, 2.45) is 5.73 Å². The average Bonchev–Trinajstić information content (AvgIpc) is 2.62. The van der Waals surface area contributed by atoms with E-state index in [0.29, 0.717) is 13.2 Å². The van der Waals surface area contributed by atoms with Crippen LogP contribution >= 0.6 is 11.3 Å². The fourth-order valence-corrected chi connectivity index (χ4v) is 2.70. The number of ether oxygens (including phenoxy) is 1. The molecule has 0 atom stereocenters. The topological polar surface area (TPSA) is 48.1 Å². The maximum absolute atomic E-state index is 5.74. The van der Waals surface area contributed by atoms with Gasteiger partial charge in [-0.3, -0.25) is 0 Å². The number of nitrogens with two attached hydrogens (primary N) is 1. The first kappa shape index (κ1) is 13.6. The van der Waals surface area contributed by atoms with Gasteiger partial charge in [0.2, 0.25) is 0 Å². The quantitative estimate of drug-likeness (QED) is 0.834. The Morgan fingerprint density at radius 2 is 2.06 bits per heavy atom. The van der Waals surface area contributed by atoms with E-state index in [4.69, 9.17) is 10.5 Å². The minimum absolute atomic E-state index is 0.296. The van der Waals surface area contributed by atoms with E-state index in [1.165, 1.54) is 4.88 Å². The molecule has 0 amide bonds. The summed E-state index contributed by atoms with van der Waals surface area (Å²) in [5.74, 6) is 0. The molecule has 0 spiro atoms. The lowest BCUT2D eigenvalue weighted by atomic mass is 10.1. The molecule has 1 heterocycles. The van der Waals surface area contributed by atoms with E-state index in [-0.39, 0.29) is 5.60 Å². The van der Waals surface area contributed by atoms with Gasteiger partial charge in [0.25, 0.3) is 0 Å². The highest BCUT2D eigenvalue weighted by Gasteiger charge is 2.26. The molecule has 1 aromatic rings. The molecule has 0 radical (unpaired) electrons. The van der Waals surface area contributed by atoms with Crippen LogP contribution in [0, 0.1) is 0 Å². The molecule has 0 aromatic carbocycles. The molecular weight excluding hydrogens is 220 g/mol. The summed E-state index contributed by atoms with van der Waals surface area (Å²) in [5, 5.41) is 1.04. The maximum Gasteiger partial charge on any atom is 0.125 e. The van der Waals surface area contributed by atoms with Gasteiger partial charge in [-0.2, -0.15) is 0 Å². The van der Waals surface area contributed by atoms with Gasteiger partial charge < -0.3 is 10.5 Å². The minimum Gasteiger partial charge on any atom is -0.369 e. The van der Waals surface area contributed by atoms with Crippen LogP contribution in [0.25, 0.3) is 0 Å². The summed E-state index contributed by atoms with van der Waals surface area (Å²) >= 11 is 1.69. The fraction of sp³-hybridized carbons (Fsp3) is 0.750. The van der Waals surface area contributed by atoms with Crippen LogP contribution in [0.3, 0.4) is 0 Å². The zero-order valence-corrected chi connectivity index (χ0v) is 11.5. The molecule has 0 aliphatic rings. The van der Waals surface area contributed by atoms with Gasteiger partial charge in [-0.25, -0.2) is 4.98 Å². The van der Waals surface area contributed by atoms with Gasteiger partial charge in [0.05, 0.1) is 5.69 Å². The molecule has 3 nitrogen and oxygen atoms in total. The Balaban J connectivity index is 2.97. The van der Waals surface area contributed by atoms with Gasteiger partial charge in [0.15, 0.2) is 0 Å². The number of rotatable bonds is 6. The van der Waals surface area contributed by atoms with Crippen molar-refractivity contribution < 1.29 is 4.74 Å². The molecule has 0 aliphatic carbocycles. The van der Waals surface area contributed by atoms with E-state index < -0.39 is 0 Å². The monoisotopic (exact) mass is 242 g/mol. The highest BCUT2D eigenvalue weighted by molar-refractivity contribution is 7.11. The summed E-state index contributed by atoms with van der Waals surface area (Å²) < 4.78 is 5.71. The normalized spacial score (nSPS) is 12.1. The van der Waals surface area contributed by atoms with Gasteiger partial charge >= 0.3 is 0 Å². The number of nitrogens with zero attached hydrogens (tertiary/aromatic N) is 1. The number of aryl methyl sites for hydroxylation is 1. The summed E-state index contributed by atoms with van der Waals surface area (Å²) in [6, 6.07) is 0. The first-order chi connectivity index (χ1) is 7.55. The molecule has 1 aromatic heterocycles. The Bertz CT molecular complexity index is 334. The van der Waals surface area contributed by atoms with E-state index in [1.807, 2.05) is 6.92 Å². The van der Waals surface area contributed by atoms with Crippen molar-refractivity contribution in [2.75, 3.05) is 6.61 Å². The third-order valence-corrected chi connectivity index (χ3v) is 3.90. The standard InChI is InChI=1S/C12H22N2OS/c1-5-7-9-10(8-13)16-11(14-9)12(3,4)15-6-2/h5-8,13H2,1-4H3. The smallest absolute Gasteiger partial charge is 0.125 e. The molecule has 0 saturated carbocycles. The van der Waals surface area contributed by atoms with Gasteiger partial charge in [-0.05, 0) is 27.2 Å². The van der Waals surface area contributed by atoms with Crippen LogP contribution < -0.4 is 5.73 Å². The Labute approximate surface area is 102 Å². The van der Waals surface area contributed by atoms with Gasteiger partial charge in [0.1, 0.15) is 10.6 Å². The summed E-state index contributed by atoms with van der Waals surface area (Å²) in [4.78, 5) is 5.87. The Morgan fingerprint density at radius 3 is 2.56 bits per heavy atom. The van der Waals surface area contributed by atoms with Crippen molar-refractivity contribution in [3.63, 3.8) is 0 Å².